The van der Waals surface area contributed by atoms with Gasteiger partial charge in [0, 0.05) is 25.6 Å². The van der Waals surface area contributed by atoms with Crippen molar-refractivity contribution in [3.63, 3.8) is 0 Å². The van der Waals surface area contributed by atoms with Crippen molar-refractivity contribution in [1.82, 2.24) is 5.32 Å². The molecular weight excluding hydrogens is 388 g/mol. The maximum Gasteiger partial charge on any atom is 0.303 e. The number of hydrogen-bond donors (Lipinski definition) is 4. The number of nitrogens with one attached hydrogen (secondary N) is 1. The summed E-state index contributed by atoms with van der Waals surface area (Å²) in [6.45, 7) is 8.85. The molecule has 0 amide bonds. The second-order valence-corrected chi connectivity index (χ2v) is 12.1. The highest BCUT2D eigenvalue weighted by Crippen LogP contribution is 2.68. The molecule has 4 fully saturated rings. The highest BCUT2D eigenvalue weighted by atomic mass is 16.4. The Balaban J connectivity index is 1.49. The van der Waals surface area contributed by atoms with Crippen molar-refractivity contribution in [2.24, 2.45) is 52.1 Å². The number of aliphatic hydroxyl groups excluding tert-OH is 1. The molecule has 3 unspecified atom stereocenters. The van der Waals surface area contributed by atoms with E-state index in [-0.39, 0.29) is 11.5 Å². The van der Waals surface area contributed by atoms with E-state index < -0.39 is 5.97 Å². The van der Waals surface area contributed by atoms with Crippen LogP contribution >= 0.6 is 0 Å². The number of carbonyl (C=O) groups is 1. The Morgan fingerprint density at radius 1 is 1.06 bits per heavy atom. The molecular formula is C26H46N2O3. The van der Waals surface area contributed by atoms with E-state index in [2.05, 4.69) is 26.1 Å². The van der Waals surface area contributed by atoms with Gasteiger partial charge in [0.25, 0.3) is 0 Å². The average molecular weight is 435 g/mol. The van der Waals surface area contributed by atoms with Gasteiger partial charge in [-0.1, -0.05) is 20.8 Å². The molecule has 5 N–H and O–H groups in total. The van der Waals surface area contributed by atoms with Gasteiger partial charge < -0.3 is 21.3 Å². The van der Waals surface area contributed by atoms with Crippen LogP contribution in [0, 0.1) is 46.3 Å². The molecule has 0 heterocycles. The topological polar surface area (TPSA) is 95.6 Å². The van der Waals surface area contributed by atoms with Gasteiger partial charge in [-0.15, -0.1) is 0 Å². The normalized spacial score (nSPS) is 47.8. The molecule has 0 radical (unpaired) electrons. The van der Waals surface area contributed by atoms with Gasteiger partial charge in [-0.2, -0.15) is 0 Å². The van der Waals surface area contributed by atoms with Crippen molar-refractivity contribution >= 4 is 5.97 Å². The lowest BCUT2D eigenvalue weighted by Gasteiger charge is -2.62. The summed E-state index contributed by atoms with van der Waals surface area (Å²) in [6.07, 6.45) is 10.5. The number of nitrogens with two attached hydrogens (primary N) is 1. The van der Waals surface area contributed by atoms with Gasteiger partial charge in [-0.25, -0.2) is 0 Å². The van der Waals surface area contributed by atoms with Crippen LogP contribution in [0.5, 0.6) is 0 Å². The fourth-order valence-corrected chi connectivity index (χ4v) is 9.30. The maximum absolute atomic E-state index is 11.4. The summed E-state index contributed by atoms with van der Waals surface area (Å²) in [6, 6.07) is 0.507. The fourth-order valence-electron chi connectivity index (χ4n) is 9.30. The Morgan fingerprint density at radius 3 is 2.48 bits per heavy atom. The number of carboxylic acid groups (broad SMARTS) is 1. The van der Waals surface area contributed by atoms with Crippen molar-refractivity contribution in [3.8, 4) is 0 Å². The first kappa shape index (κ1) is 23.5. The highest BCUT2D eigenvalue weighted by Gasteiger charge is 2.62. The first-order valence-electron chi connectivity index (χ1n) is 13.0. The molecule has 0 saturated heterocycles. The molecule has 10 atom stereocenters. The summed E-state index contributed by atoms with van der Waals surface area (Å²) >= 11 is 0. The number of carboxylic acids is 1. The predicted molar refractivity (Wildman–Crippen MR) is 123 cm³/mol. The first-order chi connectivity index (χ1) is 14.7. The Labute approximate surface area is 188 Å². The van der Waals surface area contributed by atoms with E-state index in [1.165, 1.54) is 38.5 Å². The Hall–Kier alpha value is -0.650. The van der Waals surface area contributed by atoms with Gasteiger partial charge >= 0.3 is 5.97 Å². The lowest BCUT2D eigenvalue weighted by atomic mass is 9.43. The van der Waals surface area contributed by atoms with Crippen molar-refractivity contribution in [1.29, 1.82) is 0 Å². The number of aliphatic hydroxyl groups is 1. The third-order valence-corrected chi connectivity index (χ3v) is 10.8. The molecule has 0 aromatic rings. The minimum Gasteiger partial charge on any atom is -0.481 e. The number of aliphatic carboxylic acids is 1. The monoisotopic (exact) mass is 434 g/mol. The summed E-state index contributed by atoms with van der Waals surface area (Å²) in [5.41, 5.74) is 6.29. The van der Waals surface area contributed by atoms with Crippen molar-refractivity contribution in [2.45, 2.75) is 97.1 Å². The zero-order valence-electron chi connectivity index (χ0n) is 20.0. The maximum atomic E-state index is 11.4. The van der Waals surface area contributed by atoms with E-state index >= 15 is 0 Å². The minimum atomic E-state index is -0.666. The molecule has 4 aliphatic carbocycles. The number of rotatable bonds is 7. The van der Waals surface area contributed by atoms with Crippen molar-refractivity contribution in [3.05, 3.63) is 0 Å². The molecule has 0 aromatic heterocycles. The Morgan fingerprint density at radius 2 is 1.77 bits per heavy atom. The van der Waals surface area contributed by atoms with Crippen molar-refractivity contribution in [2.75, 3.05) is 13.1 Å². The van der Waals surface area contributed by atoms with Gasteiger partial charge in [0.05, 0.1) is 6.10 Å². The summed E-state index contributed by atoms with van der Waals surface area (Å²) in [5.74, 6) is 2.93. The average Bonchev–Trinajstić information content (AvgIpc) is 3.08. The van der Waals surface area contributed by atoms with E-state index in [0.29, 0.717) is 54.0 Å². The highest BCUT2D eigenvalue weighted by molar-refractivity contribution is 5.66. The predicted octanol–water partition coefficient (Wildman–Crippen LogP) is 4.03. The van der Waals surface area contributed by atoms with Crippen LogP contribution in [-0.4, -0.2) is 41.4 Å². The molecule has 0 aromatic carbocycles. The zero-order chi connectivity index (χ0) is 22.4. The lowest BCUT2D eigenvalue weighted by molar-refractivity contribution is -0.162. The SMILES string of the molecule is C[C@H](CCC(=O)O)[C@H]1CCC2C3C[C@@H](O)[C@@H]4C[C@@H](NCCN)CC[C@]4(C)C3CC[C@@]21C. The van der Waals surface area contributed by atoms with E-state index in [9.17, 15) is 9.90 Å². The molecule has 4 rings (SSSR count). The first-order valence-corrected chi connectivity index (χ1v) is 13.0. The molecule has 0 bridgehead atoms. The van der Waals surface area contributed by atoms with Crippen LogP contribution in [0.2, 0.25) is 0 Å². The van der Waals surface area contributed by atoms with Crippen LogP contribution in [0.1, 0.15) is 85.0 Å². The smallest absolute Gasteiger partial charge is 0.303 e. The summed E-state index contributed by atoms with van der Waals surface area (Å²) in [7, 11) is 0. The molecule has 178 valence electrons. The zero-order valence-corrected chi connectivity index (χ0v) is 20.0. The molecule has 0 spiro atoms. The van der Waals surface area contributed by atoms with Crippen LogP contribution in [0.4, 0.5) is 0 Å². The number of hydrogen-bond acceptors (Lipinski definition) is 4. The Kier molecular flexibility index (Phi) is 6.78. The van der Waals surface area contributed by atoms with Crippen LogP contribution < -0.4 is 11.1 Å². The van der Waals surface area contributed by atoms with E-state index in [4.69, 9.17) is 10.8 Å². The summed E-state index contributed by atoms with van der Waals surface area (Å²) in [5, 5.41) is 24.1. The standard InChI is InChI=1S/C26H46N2O3/c1-16(4-7-24(30)31)19-5-6-20-18-15-23(29)22-14-17(28-13-12-27)8-10-26(22,3)21(18)9-11-25(19,20)2/h16-23,28-29H,4-15,27H2,1-3H3,(H,30,31)/t16-,17+,18?,19-,20?,21?,22+,23-,25-,26-/m1/s1. The van der Waals surface area contributed by atoms with Gasteiger partial charge in [0.1, 0.15) is 0 Å². The van der Waals surface area contributed by atoms with Crippen LogP contribution in [0.25, 0.3) is 0 Å². The molecule has 4 aliphatic rings. The van der Waals surface area contributed by atoms with Crippen LogP contribution in [0.15, 0.2) is 0 Å². The minimum absolute atomic E-state index is 0.181. The van der Waals surface area contributed by atoms with Crippen molar-refractivity contribution < 1.29 is 15.0 Å². The Bertz CT molecular complexity index is 657. The molecule has 5 nitrogen and oxygen atoms in total. The molecule has 5 heteroatoms. The van der Waals surface area contributed by atoms with Crippen LogP contribution in [-0.2, 0) is 4.79 Å². The van der Waals surface area contributed by atoms with E-state index in [0.717, 1.165) is 31.7 Å². The van der Waals surface area contributed by atoms with Gasteiger partial charge in [0.15, 0.2) is 0 Å². The van der Waals surface area contributed by atoms with E-state index in [1.54, 1.807) is 0 Å². The summed E-state index contributed by atoms with van der Waals surface area (Å²) in [4.78, 5) is 11.1. The van der Waals surface area contributed by atoms with Gasteiger partial charge in [0.2, 0.25) is 0 Å². The molecule has 31 heavy (non-hydrogen) atoms. The molecule has 0 aliphatic heterocycles. The quantitative estimate of drug-likeness (QED) is 0.485. The second-order valence-electron chi connectivity index (χ2n) is 12.1. The fraction of sp³-hybridized carbons (Fsp3) is 0.962. The molecule has 4 saturated carbocycles. The van der Waals surface area contributed by atoms with Crippen LogP contribution in [0.3, 0.4) is 0 Å². The number of fused-ring (bicyclic) bond motifs is 5. The third-order valence-electron chi connectivity index (χ3n) is 10.8. The second kappa shape index (κ2) is 8.95. The summed E-state index contributed by atoms with van der Waals surface area (Å²) < 4.78 is 0. The van der Waals surface area contributed by atoms with Gasteiger partial charge in [-0.3, -0.25) is 4.79 Å². The van der Waals surface area contributed by atoms with E-state index in [1.807, 2.05) is 0 Å². The van der Waals surface area contributed by atoms with Gasteiger partial charge in [-0.05, 0) is 104 Å². The largest absolute Gasteiger partial charge is 0.481 e. The lowest BCUT2D eigenvalue weighted by Crippen LogP contribution is -2.59. The third kappa shape index (κ3) is 4.08.